The Bertz CT molecular complexity index is 1550. The molecule has 1 amide bonds. The molecule has 2 heterocycles. The van der Waals surface area contributed by atoms with Crippen LogP contribution in [0.3, 0.4) is 0 Å². The number of anilines is 1. The van der Waals surface area contributed by atoms with E-state index in [1.165, 1.54) is 11.0 Å². The van der Waals surface area contributed by atoms with Crippen LogP contribution in [0.5, 0.6) is 0 Å². The van der Waals surface area contributed by atoms with E-state index in [4.69, 9.17) is 4.74 Å². The molecule has 3 aromatic carbocycles. The number of carbonyl (C=O) groups excluding carboxylic acids is 3. The maximum atomic E-state index is 13.5. The Morgan fingerprint density at radius 3 is 2.43 bits per heavy atom. The Morgan fingerprint density at radius 2 is 1.68 bits per heavy atom. The lowest BCUT2D eigenvalue weighted by atomic mass is 9.95. The smallest absolute Gasteiger partial charge is 0.338 e. The van der Waals surface area contributed by atoms with Gasteiger partial charge in [-0.2, -0.15) is 0 Å². The van der Waals surface area contributed by atoms with Crippen LogP contribution in [0.4, 0.5) is 5.69 Å². The largest absolute Gasteiger partial charge is 0.507 e. The highest BCUT2D eigenvalue weighted by molar-refractivity contribution is 6.51. The Morgan fingerprint density at radius 1 is 0.946 bits per heavy atom. The van der Waals surface area contributed by atoms with Gasteiger partial charge >= 0.3 is 5.97 Å². The molecule has 184 valence electrons. The molecule has 0 bridgehead atoms. The van der Waals surface area contributed by atoms with Crippen molar-refractivity contribution < 1.29 is 24.2 Å². The van der Waals surface area contributed by atoms with E-state index in [-0.39, 0.29) is 23.0 Å². The van der Waals surface area contributed by atoms with Crippen molar-refractivity contribution in [3.8, 4) is 0 Å². The van der Waals surface area contributed by atoms with Crippen LogP contribution >= 0.6 is 0 Å². The van der Waals surface area contributed by atoms with Crippen LogP contribution in [0.2, 0.25) is 0 Å². The topological polar surface area (TPSA) is 96.8 Å². The third kappa shape index (κ3) is 4.36. The number of rotatable bonds is 5. The van der Waals surface area contributed by atoms with E-state index in [1.807, 2.05) is 30.3 Å². The van der Waals surface area contributed by atoms with E-state index in [0.29, 0.717) is 16.9 Å². The van der Waals surface area contributed by atoms with Crippen molar-refractivity contribution in [1.82, 2.24) is 4.98 Å². The Hall–Kier alpha value is -4.78. The number of pyridine rings is 1. The van der Waals surface area contributed by atoms with Crippen molar-refractivity contribution in [1.29, 1.82) is 0 Å². The van der Waals surface area contributed by atoms with Crippen molar-refractivity contribution in [3.05, 3.63) is 114 Å². The first-order chi connectivity index (χ1) is 17.9. The molecular weight excluding hydrogens is 468 g/mol. The number of aliphatic hydroxyl groups is 1. The van der Waals surface area contributed by atoms with E-state index in [0.717, 1.165) is 10.8 Å². The van der Waals surface area contributed by atoms with E-state index in [2.05, 4.69) is 4.98 Å². The molecule has 1 saturated heterocycles. The SMILES string of the molecule is CC(C)OC(=O)c1cccc(N2C(=O)C(=O)/C(=C(\O)c3cccc4ccccc34)C2c2ccccn2)c1. The summed E-state index contributed by atoms with van der Waals surface area (Å²) in [5.74, 6) is -2.50. The highest BCUT2D eigenvalue weighted by Crippen LogP contribution is 2.42. The van der Waals surface area contributed by atoms with Crippen LogP contribution in [-0.4, -0.2) is 33.9 Å². The normalized spacial score (nSPS) is 16.9. The Kier molecular flexibility index (Phi) is 6.27. The average Bonchev–Trinajstić information content (AvgIpc) is 3.18. The number of benzene rings is 3. The van der Waals surface area contributed by atoms with Gasteiger partial charge in [0.05, 0.1) is 22.9 Å². The summed E-state index contributed by atoms with van der Waals surface area (Å²) < 4.78 is 5.30. The zero-order chi connectivity index (χ0) is 26.1. The van der Waals surface area contributed by atoms with Gasteiger partial charge in [-0.25, -0.2) is 4.79 Å². The molecule has 1 unspecified atom stereocenters. The molecule has 4 aromatic rings. The van der Waals surface area contributed by atoms with Gasteiger partial charge in [0.2, 0.25) is 0 Å². The number of carbonyl (C=O) groups is 3. The molecule has 1 aliphatic rings. The zero-order valence-electron chi connectivity index (χ0n) is 20.3. The van der Waals surface area contributed by atoms with Gasteiger partial charge in [-0.15, -0.1) is 0 Å². The highest BCUT2D eigenvalue weighted by Gasteiger charge is 2.47. The quantitative estimate of drug-likeness (QED) is 0.173. The molecule has 7 nitrogen and oxygen atoms in total. The fourth-order valence-corrected chi connectivity index (χ4v) is 4.56. The summed E-state index contributed by atoms with van der Waals surface area (Å²) in [5, 5.41) is 13.1. The number of aliphatic hydroxyl groups excluding tert-OH is 1. The summed E-state index contributed by atoms with van der Waals surface area (Å²) in [5.41, 5.74) is 1.31. The molecule has 0 saturated carbocycles. The lowest BCUT2D eigenvalue weighted by molar-refractivity contribution is -0.132. The highest BCUT2D eigenvalue weighted by atomic mass is 16.5. The van der Waals surface area contributed by atoms with Crippen LogP contribution in [-0.2, 0) is 14.3 Å². The zero-order valence-corrected chi connectivity index (χ0v) is 20.3. The number of Topliss-reactive ketones (excluding diaryl/α,β-unsaturated/α-hetero) is 1. The van der Waals surface area contributed by atoms with Crippen molar-refractivity contribution in [2.75, 3.05) is 4.90 Å². The van der Waals surface area contributed by atoms with Crippen LogP contribution in [0, 0.1) is 0 Å². The minimum atomic E-state index is -1.00. The number of aromatic nitrogens is 1. The summed E-state index contributed by atoms with van der Waals surface area (Å²) in [7, 11) is 0. The molecule has 1 aromatic heterocycles. The summed E-state index contributed by atoms with van der Waals surface area (Å²) in [6.45, 7) is 3.49. The Labute approximate surface area is 213 Å². The lowest BCUT2D eigenvalue weighted by Crippen LogP contribution is -2.30. The second-order valence-corrected chi connectivity index (χ2v) is 8.95. The summed E-state index contributed by atoms with van der Waals surface area (Å²) in [6.07, 6.45) is 1.24. The van der Waals surface area contributed by atoms with Crippen molar-refractivity contribution in [2.24, 2.45) is 0 Å². The van der Waals surface area contributed by atoms with Crippen molar-refractivity contribution in [3.63, 3.8) is 0 Å². The third-order valence-electron chi connectivity index (χ3n) is 6.16. The van der Waals surface area contributed by atoms with Gasteiger partial charge in [0.25, 0.3) is 11.7 Å². The standard InChI is InChI=1S/C30H24N2O5/c1-18(2)37-30(36)20-11-7-12-21(17-20)32-26(24-15-5-6-16-31-24)25(28(34)29(32)35)27(33)23-14-8-10-19-9-3-4-13-22(19)23/h3-18,26,33H,1-2H3/b27-25-. The lowest BCUT2D eigenvalue weighted by Gasteiger charge is -2.25. The molecule has 0 spiro atoms. The first-order valence-corrected chi connectivity index (χ1v) is 11.9. The molecule has 0 aliphatic carbocycles. The van der Waals surface area contributed by atoms with Crippen LogP contribution in [0.1, 0.15) is 41.5 Å². The first-order valence-electron chi connectivity index (χ1n) is 11.9. The molecule has 1 atom stereocenters. The predicted octanol–water partition coefficient (Wildman–Crippen LogP) is 5.43. The second kappa shape index (κ2) is 9.70. The van der Waals surface area contributed by atoms with Gasteiger partial charge < -0.3 is 9.84 Å². The van der Waals surface area contributed by atoms with Crippen LogP contribution < -0.4 is 4.90 Å². The molecule has 5 rings (SSSR count). The van der Waals surface area contributed by atoms with Crippen molar-refractivity contribution in [2.45, 2.75) is 26.0 Å². The van der Waals surface area contributed by atoms with E-state index < -0.39 is 23.7 Å². The first kappa shape index (κ1) is 23.9. The maximum Gasteiger partial charge on any atom is 0.338 e. The minimum Gasteiger partial charge on any atom is -0.507 e. The summed E-state index contributed by atoms with van der Waals surface area (Å²) in [4.78, 5) is 45.1. The van der Waals surface area contributed by atoms with Crippen LogP contribution in [0.15, 0.2) is 96.7 Å². The predicted molar refractivity (Wildman–Crippen MR) is 140 cm³/mol. The molecule has 37 heavy (non-hydrogen) atoms. The van der Waals surface area contributed by atoms with E-state index in [9.17, 15) is 19.5 Å². The number of fused-ring (bicyclic) bond motifs is 1. The minimum absolute atomic E-state index is 0.0739. The third-order valence-corrected chi connectivity index (χ3v) is 6.16. The molecule has 1 N–H and O–H groups in total. The maximum absolute atomic E-state index is 13.5. The van der Waals surface area contributed by atoms with Gasteiger partial charge in [0.15, 0.2) is 0 Å². The van der Waals surface area contributed by atoms with Gasteiger partial charge in [-0.05, 0) is 55.0 Å². The summed E-state index contributed by atoms with van der Waals surface area (Å²) >= 11 is 0. The summed E-state index contributed by atoms with van der Waals surface area (Å²) in [6, 6.07) is 23.4. The number of amides is 1. The van der Waals surface area contributed by atoms with Crippen LogP contribution in [0.25, 0.3) is 16.5 Å². The molecular formula is C30H24N2O5. The number of ether oxygens (including phenoxy) is 1. The monoisotopic (exact) mass is 492 g/mol. The van der Waals surface area contributed by atoms with Gasteiger partial charge in [0.1, 0.15) is 11.8 Å². The second-order valence-electron chi connectivity index (χ2n) is 8.95. The number of esters is 1. The molecule has 7 heteroatoms. The number of hydrogen-bond acceptors (Lipinski definition) is 6. The van der Waals surface area contributed by atoms with Crippen molar-refractivity contribution >= 4 is 39.9 Å². The number of hydrogen-bond donors (Lipinski definition) is 1. The van der Waals surface area contributed by atoms with Gasteiger partial charge in [0, 0.05) is 17.4 Å². The van der Waals surface area contributed by atoms with E-state index >= 15 is 0 Å². The van der Waals surface area contributed by atoms with E-state index in [1.54, 1.807) is 68.6 Å². The van der Waals surface area contributed by atoms with Gasteiger partial charge in [-0.1, -0.05) is 54.6 Å². The molecule has 1 aliphatic heterocycles. The average molecular weight is 493 g/mol. The van der Waals surface area contributed by atoms with Gasteiger partial charge in [-0.3, -0.25) is 19.5 Å². The Balaban J connectivity index is 1.70. The fraction of sp³-hybridized carbons (Fsp3) is 0.133. The number of nitrogens with zero attached hydrogens (tertiary/aromatic N) is 2. The fourth-order valence-electron chi connectivity index (χ4n) is 4.56. The molecule has 0 radical (unpaired) electrons. The number of ketones is 1. The molecule has 1 fully saturated rings.